The number of carboxylic acids is 1. The van der Waals surface area contributed by atoms with Crippen molar-refractivity contribution in [2.45, 2.75) is 13.0 Å². The van der Waals surface area contributed by atoms with Gasteiger partial charge in [0.25, 0.3) is 5.91 Å². The van der Waals surface area contributed by atoms with Gasteiger partial charge >= 0.3 is 5.97 Å². The number of nitrogens with one attached hydrogen (secondary N) is 1. The zero-order chi connectivity index (χ0) is 17.3. The number of rotatable bonds is 5. The number of hydrogen-bond donors (Lipinski definition) is 2. The fourth-order valence-electron chi connectivity index (χ4n) is 2.19. The molecule has 3 aromatic heterocycles. The second kappa shape index (κ2) is 6.24. The third kappa shape index (κ3) is 2.91. The van der Waals surface area contributed by atoms with Crippen LogP contribution < -0.4 is 5.32 Å². The van der Waals surface area contributed by atoms with Gasteiger partial charge in [0.15, 0.2) is 5.13 Å². The number of aromatic nitrogens is 5. The van der Waals surface area contributed by atoms with Crippen LogP contribution in [0.5, 0.6) is 0 Å². The van der Waals surface area contributed by atoms with Crippen LogP contribution in [0.3, 0.4) is 0 Å². The van der Waals surface area contributed by atoms with Crippen molar-refractivity contribution in [1.29, 1.82) is 0 Å². The van der Waals surface area contributed by atoms with Crippen LogP contribution >= 0.6 is 11.3 Å². The lowest BCUT2D eigenvalue weighted by Crippen LogP contribution is -2.26. The van der Waals surface area contributed by atoms with E-state index in [2.05, 4.69) is 20.5 Å². The number of aromatic carboxylic acids is 1. The molecule has 0 saturated heterocycles. The molecule has 0 spiro atoms. The molecule has 0 aliphatic rings. The summed E-state index contributed by atoms with van der Waals surface area (Å²) < 4.78 is 2.85. The summed E-state index contributed by atoms with van der Waals surface area (Å²) in [6.45, 7) is 1.57. The summed E-state index contributed by atoms with van der Waals surface area (Å²) in [6.07, 6.45) is 3.01. The van der Waals surface area contributed by atoms with Crippen LogP contribution in [-0.4, -0.2) is 41.5 Å². The second-order valence-corrected chi connectivity index (χ2v) is 5.87. The molecular weight excluding hydrogens is 332 g/mol. The van der Waals surface area contributed by atoms with E-state index in [1.165, 1.54) is 23.6 Å². The van der Waals surface area contributed by atoms with Crippen molar-refractivity contribution in [2.24, 2.45) is 7.05 Å². The molecule has 1 amide bonds. The van der Waals surface area contributed by atoms with Gasteiger partial charge in [-0.05, 0) is 19.1 Å². The number of carboxylic acid groups (broad SMARTS) is 1. The molecule has 0 aliphatic heterocycles. The van der Waals surface area contributed by atoms with Crippen molar-refractivity contribution in [1.82, 2.24) is 24.5 Å². The minimum Gasteiger partial charge on any atom is -0.477 e. The van der Waals surface area contributed by atoms with E-state index in [9.17, 15) is 9.59 Å². The Morgan fingerprint density at radius 2 is 2.04 bits per heavy atom. The molecule has 3 rings (SSSR count). The Kier molecular flexibility index (Phi) is 4.13. The van der Waals surface area contributed by atoms with Gasteiger partial charge in [0.05, 0.1) is 5.69 Å². The molecule has 0 radical (unpaired) electrons. The van der Waals surface area contributed by atoms with E-state index in [1.54, 1.807) is 24.9 Å². The highest BCUT2D eigenvalue weighted by Crippen LogP contribution is 2.25. The SMILES string of the molecule is CC(C(=O)Nc1nc(-c2ccnn2C)cs1)n1nccc1C(=O)O. The molecule has 0 aromatic carbocycles. The standard InChI is InChI=1S/C14H14N6O3S/c1-8(20-11(13(22)23)4-6-16-20)12(21)18-14-17-9(7-24-14)10-3-5-15-19(10)2/h3-8H,1-2H3,(H,22,23)(H,17,18,21). The molecule has 1 atom stereocenters. The Hall–Kier alpha value is -3.01. The van der Waals surface area contributed by atoms with E-state index in [1.807, 2.05) is 11.4 Å². The molecule has 124 valence electrons. The summed E-state index contributed by atoms with van der Waals surface area (Å²) >= 11 is 1.28. The minimum atomic E-state index is -1.14. The highest BCUT2D eigenvalue weighted by atomic mass is 32.1. The topological polar surface area (TPSA) is 115 Å². The normalized spacial score (nSPS) is 12.1. The summed E-state index contributed by atoms with van der Waals surface area (Å²) in [5, 5.41) is 22.0. The largest absolute Gasteiger partial charge is 0.477 e. The highest BCUT2D eigenvalue weighted by Gasteiger charge is 2.22. The first-order valence-corrected chi connectivity index (χ1v) is 7.87. The van der Waals surface area contributed by atoms with Gasteiger partial charge in [0, 0.05) is 24.8 Å². The third-order valence-corrected chi connectivity index (χ3v) is 4.21. The lowest BCUT2D eigenvalue weighted by atomic mass is 10.3. The monoisotopic (exact) mass is 346 g/mol. The first kappa shape index (κ1) is 15.9. The van der Waals surface area contributed by atoms with Gasteiger partial charge < -0.3 is 10.4 Å². The number of thiazole rings is 1. The van der Waals surface area contributed by atoms with Gasteiger partial charge in [-0.1, -0.05) is 0 Å². The van der Waals surface area contributed by atoms with Crippen LogP contribution in [-0.2, 0) is 11.8 Å². The highest BCUT2D eigenvalue weighted by molar-refractivity contribution is 7.14. The molecule has 3 heterocycles. The molecule has 0 aliphatic carbocycles. The van der Waals surface area contributed by atoms with Crippen LogP contribution in [0, 0.1) is 0 Å². The summed E-state index contributed by atoms with van der Waals surface area (Å²) in [7, 11) is 1.81. The first-order valence-electron chi connectivity index (χ1n) is 6.99. The van der Waals surface area contributed by atoms with Crippen molar-refractivity contribution in [3.05, 3.63) is 35.6 Å². The van der Waals surface area contributed by atoms with Crippen LogP contribution in [0.1, 0.15) is 23.5 Å². The second-order valence-electron chi connectivity index (χ2n) is 5.01. The maximum absolute atomic E-state index is 12.3. The van der Waals surface area contributed by atoms with Crippen molar-refractivity contribution in [2.75, 3.05) is 5.32 Å². The number of anilines is 1. The molecule has 10 heteroatoms. The van der Waals surface area contributed by atoms with E-state index in [0.29, 0.717) is 10.8 Å². The summed E-state index contributed by atoms with van der Waals surface area (Å²) in [5.74, 6) is -1.54. The average molecular weight is 346 g/mol. The Labute approximate surface area is 140 Å². The van der Waals surface area contributed by atoms with Crippen LogP contribution in [0.15, 0.2) is 29.9 Å². The Morgan fingerprint density at radius 1 is 1.29 bits per heavy atom. The predicted molar refractivity (Wildman–Crippen MR) is 86.8 cm³/mol. The Balaban J connectivity index is 1.75. The summed E-state index contributed by atoms with van der Waals surface area (Å²) in [6, 6.07) is 2.39. The molecule has 0 bridgehead atoms. The van der Waals surface area contributed by atoms with E-state index in [-0.39, 0.29) is 5.69 Å². The maximum Gasteiger partial charge on any atom is 0.354 e. The van der Waals surface area contributed by atoms with E-state index in [0.717, 1.165) is 10.4 Å². The van der Waals surface area contributed by atoms with Crippen molar-refractivity contribution in [3.8, 4) is 11.4 Å². The van der Waals surface area contributed by atoms with E-state index >= 15 is 0 Å². The number of hydrogen-bond acceptors (Lipinski definition) is 6. The van der Waals surface area contributed by atoms with Gasteiger partial charge in [0.2, 0.25) is 0 Å². The van der Waals surface area contributed by atoms with Gasteiger partial charge in [-0.2, -0.15) is 10.2 Å². The summed E-state index contributed by atoms with van der Waals surface area (Å²) in [5.41, 5.74) is 1.49. The average Bonchev–Trinajstić information content (AvgIpc) is 3.25. The number of amides is 1. The lowest BCUT2D eigenvalue weighted by molar-refractivity contribution is -0.119. The zero-order valence-electron chi connectivity index (χ0n) is 12.9. The smallest absolute Gasteiger partial charge is 0.354 e. The van der Waals surface area contributed by atoms with Crippen molar-refractivity contribution < 1.29 is 14.7 Å². The molecule has 3 aromatic rings. The molecule has 2 N–H and O–H groups in total. The quantitative estimate of drug-likeness (QED) is 0.726. The van der Waals surface area contributed by atoms with Crippen LogP contribution in [0.2, 0.25) is 0 Å². The number of aryl methyl sites for hydroxylation is 1. The lowest BCUT2D eigenvalue weighted by Gasteiger charge is -2.12. The fourth-order valence-corrected chi connectivity index (χ4v) is 2.89. The van der Waals surface area contributed by atoms with Gasteiger partial charge in [-0.25, -0.2) is 14.5 Å². The molecule has 0 fully saturated rings. The number of carbonyl (C=O) groups excluding carboxylic acids is 1. The molecule has 9 nitrogen and oxygen atoms in total. The summed E-state index contributed by atoms with van der Waals surface area (Å²) in [4.78, 5) is 27.8. The van der Waals surface area contributed by atoms with Gasteiger partial charge in [0.1, 0.15) is 17.4 Å². The Bertz CT molecular complexity index is 896. The maximum atomic E-state index is 12.3. The van der Waals surface area contributed by atoms with Gasteiger partial charge in [-0.3, -0.25) is 9.48 Å². The van der Waals surface area contributed by atoms with E-state index in [4.69, 9.17) is 5.11 Å². The fraction of sp³-hybridized carbons (Fsp3) is 0.214. The Morgan fingerprint density at radius 3 is 2.71 bits per heavy atom. The number of carbonyl (C=O) groups is 2. The molecule has 24 heavy (non-hydrogen) atoms. The van der Waals surface area contributed by atoms with E-state index < -0.39 is 17.9 Å². The van der Waals surface area contributed by atoms with Crippen LogP contribution in [0.4, 0.5) is 5.13 Å². The molecule has 1 unspecified atom stereocenters. The van der Waals surface area contributed by atoms with Crippen LogP contribution in [0.25, 0.3) is 11.4 Å². The van der Waals surface area contributed by atoms with Crippen molar-refractivity contribution >= 4 is 28.3 Å². The number of nitrogens with zero attached hydrogens (tertiary/aromatic N) is 5. The predicted octanol–water partition coefficient (Wildman–Crippen LogP) is 1.64. The zero-order valence-corrected chi connectivity index (χ0v) is 13.7. The third-order valence-electron chi connectivity index (χ3n) is 3.45. The minimum absolute atomic E-state index is 0.0487. The van der Waals surface area contributed by atoms with Crippen molar-refractivity contribution in [3.63, 3.8) is 0 Å². The first-order chi connectivity index (χ1) is 11.5. The van der Waals surface area contributed by atoms with Gasteiger partial charge in [-0.15, -0.1) is 11.3 Å². The molecule has 0 saturated carbocycles. The molecular formula is C14H14N6O3S.